The zero-order valence-corrected chi connectivity index (χ0v) is 16.1. The summed E-state index contributed by atoms with van der Waals surface area (Å²) in [6.07, 6.45) is 0.294. The van der Waals surface area contributed by atoms with Crippen LogP contribution in [0.25, 0.3) is 0 Å². The maximum atomic E-state index is 12.8. The van der Waals surface area contributed by atoms with Crippen LogP contribution in [0.5, 0.6) is 5.75 Å². The van der Waals surface area contributed by atoms with E-state index in [1.54, 1.807) is 12.1 Å². The molecule has 1 unspecified atom stereocenters. The molecule has 0 saturated carbocycles. The Morgan fingerprint density at radius 3 is 2.81 bits per heavy atom. The molecule has 1 heterocycles. The van der Waals surface area contributed by atoms with Crippen molar-refractivity contribution in [3.05, 3.63) is 21.8 Å². The number of nitrogens with zero attached hydrogens (tertiary/aromatic N) is 2. The van der Waals surface area contributed by atoms with Crippen LogP contribution >= 0.6 is 22.6 Å². The molecule has 9 nitrogen and oxygen atoms in total. The largest absolute Gasteiger partial charge is 0.495 e. The first-order chi connectivity index (χ1) is 12.4. The molecule has 1 fully saturated rings. The molecule has 26 heavy (non-hydrogen) atoms. The van der Waals surface area contributed by atoms with E-state index in [0.717, 1.165) is 8.47 Å². The second kappa shape index (κ2) is 8.94. The summed E-state index contributed by atoms with van der Waals surface area (Å²) in [6, 6.07) is 3.58. The second-order valence-corrected chi connectivity index (χ2v) is 6.72. The summed E-state index contributed by atoms with van der Waals surface area (Å²) in [5, 5.41) is 11.6. The van der Waals surface area contributed by atoms with E-state index in [1.165, 1.54) is 12.0 Å². The van der Waals surface area contributed by atoms with E-state index < -0.39 is 23.9 Å². The molecule has 2 N–H and O–H groups in total. The van der Waals surface area contributed by atoms with Gasteiger partial charge in [-0.15, -0.1) is 0 Å². The number of urea groups is 1. The Kier molecular flexibility index (Phi) is 6.91. The van der Waals surface area contributed by atoms with Crippen LogP contribution in [0.3, 0.4) is 0 Å². The number of halogens is 1. The van der Waals surface area contributed by atoms with E-state index in [2.05, 4.69) is 27.9 Å². The minimum absolute atomic E-state index is 0.0907. The summed E-state index contributed by atoms with van der Waals surface area (Å²) >= 11 is 2.11. The number of hydrogen-bond donors (Lipinski definition) is 2. The fraction of sp³-hybridized carbons (Fsp3) is 0.375. The molecule has 3 amide bonds. The molecule has 0 radical (unpaired) electrons. The highest BCUT2D eigenvalue weighted by Gasteiger charge is 2.34. The number of aliphatic carboxylic acids is 1. The van der Waals surface area contributed by atoms with Crippen molar-refractivity contribution in [2.24, 2.45) is 0 Å². The van der Waals surface area contributed by atoms with Gasteiger partial charge in [0.1, 0.15) is 18.1 Å². The molecule has 0 bridgehead atoms. The maximum Gasteiger partial charge on any atom is 0.332 e. The van der Waals surface area contributed by atoms with Crippen molar-refractivity contribution in [2.75, 3.05) is 25.2 Å². The lowest BCUT2D eigenvalue weighted by atomic mass is 10.2. The Bertz CT molecular complexity index is 726. The van der Waals surface area contributed by atoms with Crippen LogP contribution < -0.4 is 15.0 Å². The molecule has 1 aliphatic rings. The summed E-state index contributed by atoms with van der Waals surface area (Å²) in [5.41, 5.74) is 0.532. The van der Waals surface area contributed by atoms with Gasteiger partial charge in [0.05, 0.1) is 19.5 Å². The molecule has 2 rings (SSSR count). The van der Waals surface area contributed by atoms with Crippen molar-refractivity contribution in [1.82, 2.24) is 10.2 Å². The van der Waals surface area contributed by atoms with Crippen LogP contribution in [0.15, 0.2) is 18.2 Å². The molecule has 0 aromatic heterocycles. The Hall–Kier alpha value is -2.21. The summed E-state index contributed by atoms with van der Waals surface area (Å²) in [4.78, 5) is 48.9. The van der Waals surface area contributed by atoms with Gasteiger partial charge >= 0.3 is 12.0 Å². The van der Waals surface area contributed by atoms with Gasteiger partial charge in [-0.05, 0) is 40.8 Å². The van der Waals surface area contributed by atoms with E-state index in [0.29, 0.717) is 17.7 Å². The van der Waals surface area contributed by atoms with Crippen molar-refractivity contribution < 1.29 is 29.0 Å². The topological polar surface area (TPSA) is 116 Å². The molecule has 1 aromatic carbocycles. The van der Waals surface area contributed by atoms with Gasteiger partial charge in [-0.25, -0.2) is 4.79 Å². The highest BCUT2D eigenvalue weighted by Crippen LogP contribution is 2.32. The second-order valence-electron chi connectivity index (χ2n) is 5.48. The van der Waals surface area contributed by atoms with Crippen LogP contribution in [0.2, 0.25) is 0 Å². The highest BCUT2D eigenvalue weighted by molar-refractivity contribution is 14.1. The highest BCUT2D eigenvalue weighted by atomic mass is 127. The fourth-order valence-electron chi connectivity index (χ4n) is 2.51. The number of imide groups is 1. The zero-order valence-electron chi connectivity index (χ0n) is 14.0. The van der Waals surface area contributed by atoms with Crippen LogP contribution in [-0.4, -0.2) is 60.6 Å². The Balaban J connectivity index is 2.20. The standard InChI is InChI=1S/C16H18IN3O6/c1-26-13-3-2-10(17)8-12(13)19-6-4-14(22)20(16(19)25)9-18-11(5-7-21)15(23)24/h2-3,7-8,11,18H,4-6,9H2,1H3,(H,23,24). The van der Waals surface area contributed by atoms with Crippen molar-refractivity contribution in [2.45, 2.75) is 18.9 Å². The third-order valence-corrected chi connectivity index (χ3v) is 4.54. The van der Waals surface area contributed by atoms with Gasteiger partial charge in [0.25, 0.3) is 0 Å². The average Bonchev–Trinajstić information content (AvgIpc) is 2.60. The molecular weight excluding hydrogens is 457 g/mol. The van der Waals surface area contributed by atoms with Gasteiger partial charge in [0, 0.05) is 23.0 Å². The Labute approximate surface area is 163 Å². The lowest BCUT2D eigenvalue weighted by molar-refractivity contribution is -0.141. The number of methoxy groups -OCH3 is 1. The average molecular weight is 475 g/mol. The predicted octanol–water partition coefficient (Wildman–Crippen LogP) is 1.05. The first-order valence-electron chi connectivity index (χ1n) is 7.74. The SMILES string of the molecule is COc1ccc(I)cc1N1CCC(=O)N(CNC(CC=O)C(=O)O)C1=O. The number of benzene rings is 1. The molecule has 0 aliphatic carbocycles. The van der Waals surface area contributed by atoms with Crippen LogP contribution in [0, 0.1) is 3.57 Å². The number of carboxylic acids is 1. The third-order valence-electron chi connectivity index (χ3n) is 3.87. The maximum absolute atomic E-state index is 12.8. The quantitative estimate of drug-likeness (QED) is 0.427. The number of amides is 3. The molecular formula is C16H18IN3O6. The number of carbonyl (C=O) groups is 4. The molecule has 10 heteroatoms. The third kappa shape index (κ3) is 4.49. The molecule has 1 aromatic rings. The monoisotopic (exact) mass is 475 g/mol. The van der Waals surface area contributed by atoms with Crippen molar-refractivity contribution in [3.63, 3.8) is 0 Å². The number of carboxylic acid groups (broad SMARTS) is 1. The smallest absolute Gasteiger partial charge is 0.332 e. The number of nitrogens with one attached hydrogen (secondary N) is 1. The lowest BCUT2D eigenvalue weighted by Gasteiger charge is -2.35. The van der Waals surface area contributed by atoms with Gasteiger partial charge in [-0.3, -0.25) is 24.7 Å². The van der Waals surface area contributed by atoms with Crippen LogP contribution in [-0.2, 0) is 14.4 Å². The number of hydrogen-bond acceptors (Lipinski definition) is 6. The van der Waals surface area contributed by atoms with E-state index in [9.17, 15) is 19.2 Å². The summed E-state index contributed by atoms with van der Waals surface area (Å²) in [5.74, 6) is -1.16. The van der Waals surface area contributed by atoms with Gasteiger partial charge in [-0.1, -0.05) is 0 Å². The molecule has 140 valence electrons. The molecule has 0 spiro atoms. The molecule has 1 atom stereocenters. The summed E-state index contributed by atoms with van der Waals surface area (Å²) in [6.45, 7) is -0.105. The summed E-state index contributed by atoms with van der Waals surface area (Å²) in [7, 11) is 1.49. The zero-order chi connectivity index (χ0) is 19.3. The predicted molar refractivity (Wildman–Crippen MR) is 100 cm³/mol. The number of anilines is 1. The fourth-order valence-corrected chi connectivity index (χ4v) is 2.99. The van der Waals surface area contributed by atoms with E-state index in [-0.39, 0.29) is 26.1 Å². The van der Waals surface area contributed by atoms with Gasteiger partial charge < -0.3 is 14.6 Å². The van der Waals surface area contributed by atoms with Crippen molar-refractivity contribution in [1.29, 1.82) is 0 Å². The summed E-state index contributed by atoms with van der Waals surface area (Å²) < 4.78 is 6.19. The number of rotatable bonds is 8. The van der Waals surface area contributed by atoms with E-state index in [4.69, 9.17) is 9.84 Å². The van der Waals surface area contributed by atoms with Crippen molar-refractivity contribution in [3.8, 4) is 5.75 Å². The molecule has 1 aliphatic heterocycles. The van der Waals surface area contributed by atoms with Gasteiger partial charge in [0.2, 0.25) is 5.91 Å². The minimum atomic E-state index is -1.23. The normalized spacial score (nSPS) is 15.8. The Morgan fingerprint density at radius 1 is 1.46 bits per heavy atom. The number of aldehydes is 1. The first-order valence-corrected chi connectivity index (χ1v) is 8.82. The Morgan fingerprint density at radius 2 is 2.19 bits per heavy atom. The van der Waals surface area contributed by atoms with E-state index in [1.807, 2.05) is 6.07 Å². The lowest BCUT2D eigenvalue weighted by Crippen LogP contribution is -2.56. The van der Waals surface area contributed by atoms with Crippen LogP contribution in [0.1, 0.15) is 12.8 Å². The first kappa shape index (κ1) is 20.1. The van der Waals surface area contributed by atoms with Crippen LogP contribution in [0.4, 0.5) is 10.5 Å². The van der Waals surface area contributed by atoms with Gasteiger partial charge in [-0.2, -0.15) is 0 Å². The molecule has 1 saturated heterocycles. The van der Waals surface area contributed by atoms with Crippen molar-refractivity contribution >= 4 is 52.5 Å². The van der Waals surface area contributed by atoms with Gasteiger partial charge in [0.15, 0.2) is 0 Å². The number of carbonyl (C=O) groups excluding carboxylic acids is 3. The minimum Gasteiger partial charge on any atom is -0.495 e. The number of ether oxygens (including phenoxy) is 1. The van der Waals surface area contributed by atoms with E-state index >= 15 is 0 Å².